The van der Waals surface area contributed by atoms with Crippen molar-refractivity contribution in [3.05, 3.63) is 16.1 Å². The van der Waals surface area contributed by atoms with Crippen LogP contribution in [0.25, 0.3) is 0 Å². The van der Waals surface area contributed by atoms with Gasteiger partial charge < -0.3 is 10.6 Å². The molecule has 1 aromatic rings. The number of rotatable bonds is 3. The maximum absolute atomic E-state index is 4.51. The normalized spacial score (nSPS) is 24.0. The van der Waals surface area contributed by atoms with Crippen molar-refractivity contribution in [2.75, 3.05) is 20.1 Å². The van der Waals surface area contributed by atoms with E-state index in [1.54, 1.807) is 0 Å². The lowest BCUT2D eigenvalue weighted by molar-refractivity contribution is 0.662. The Labute approximate surface area is 88.9 Å². The molecule has 14 heavy (non-hydrogen) atoms. The largest absolute Gasteiger partial charge is 0.316 e. The Hall–Kier alpha value is -0.450. The predicted molar refractivity (Wildman–Crippen MR) is 59.8 cm³/mol. The second kappa shape index (κ2) is 4.38. The van der Waals surface area contributed by atoms with Gasteiger partial charge in [0.1, 0.15) is 0 Å². The number of hydrogen-bond donors (Lipinski definition) is 2. The number of aromatic nitrogens is 1. The highest BCUT2D eigenvalue weighted by atomic mass is 32.1. The first kappa shape index (κ1) is 10.1. The molecule has 1 saturated heterocycles. The van der Waals surface area contributed by atoms with Gasteiger partial charge in [0.05, 0.1) is 5.01 Å². The summed E-state index contributed by atoms with van der Waals surface area (Å²) in [7, 11) is 1.99. The van der Waals surface area contributed by atoms with Gasteiger partial charge in [0.15, 0.2) is 0 Å². The summed E-state index contributed by atoms with van der Waals surface area (Å²) in [6, 6.07) is 0.426. The van der Waals surface area contributed by atoms with Gasteiger partial charge in [-0.1, -0.05) is 0 Å². The van der Waals surface area contributed by atoms with Crippen LogP contribution in [0.2, 0.25) is 0 Å². The van der Waals surface area contributed by atoms with Crippen LogP contribution in [0.4, 0.5) is 0 Å². The Balaban J connectivity index is 2.08. The number of hydrogen-bond acceptors (Lipinski definition) is 4. The van der Waals surface area contributed by atoms with E-state index in [1.165, 1.54) is 16.3 Å². The zero-order valence-corrected chi connectivity index (χ0v) is 9.53. The SMILES string of the molecule is CNC(C)c1cnc(C2CCNC2)s1. The Morgan fingerprint density at radius 3 is 3.21 bits per heavy atom. The van der Waals surface area contributed by atoms with Crippen LogP contribution in [0.15, 0.2) is 6.20 Å². The predicted octanol–water partition coefficient (Wildman–Crippen LogP) is 1.50. The molecule has 4 heteroatoms. The molecule has 0 bridgehead atoms. The molecule has 1 aliphatic rings. The van der Waals surface area contributed by atoms with Gasteiger partial charge in [0, 0.05) is 29.6 Å². The van der Waals surface area contributed by atoms with Gasteiger partial charge in [0.2, 0.25) is 0 Å². The molecule has 0 aromatic carbocycles. The van der Waals surface area contributed by atoms with Gasteiger partial charge >= 0.3 is 0 Å². The van der Waals surface area contributed by atoms with Gasteiger partial charge in [-0.3, -0.25) is 0 Å². The summed E-state index contributed by atoms with van der Waals surface area (Å²) in [5.41, 5.74) is 0. The molecule has 3 nitrogen and oxygen atoms in total. The molecule has 0 amide bonds. The zero-order valence-electron chi connectivity index (χ0n) is 8.71. The van der Waals surface area contributed by atoms with Crippen LogP contribution >= 0.6 is 11.3 Å². The van der Waals surface area contributed by atoms with Crippen molar-refractivity contribution in [1.82, 2.24) is 15.6 Å². The molecule has 2 rings (SSSR count). The minimum Gasteiger partial charge on any atom is -0.316 e. The Kier molecular flexibility index (Phi) is 3.15. The fraction of sp³-hybridized carbons (Fsp3) is 0.700. The van der Waals surface area contributed by atoms with Crippen molar-refractivity contribution in [3.63, 3.8) is 0 Å². The number of nitrogens with one attached hydrogen (secondary N) is 2. The number of nitrogens with zero attached hydrogens (tertiary/aromatic N) is 1. The van der Waals surface area contributed by atoms with E-state index in [2.05, 4.69) is 22.5 Å². The van der Waals surface area contributed by atoms with Crippen LogP contribution < -0.4 is 10.6 Å². The average Bonchev–Trinajstić information content (AvgIpc) is 2.86. The molecule has 2 unspecified atom stereocenters. The van der Waals surface area contributed by atoms with E-state index in [1.807, 2.05) is 24.6 Å². The summed E-state index contributed by atoms with van der Waals surface area (Å²) in [4.78, 5) is 5.85. The van der Waals surface area contributed by atoms with E-state index in [4.69, 9.17) is 0 Å². The summed E-state index contributed by atoms with van der Waals surface area (Å²) in [6.07, 6.45) is 3.25. The summed E-state index contributed by atoms with van der Waals surface area (Å²) in [5.74, 6) is 0.651. The highest BCUT2D eigenvalue weighted by Gasteiger charge is 2.20. The van der Waals surface area contributed by atoms with Crippen LogP contribution in [0.5, 0.6) is 0 Å². The topological polar surface area (TPSA) is 37.0 Å². The van der Waals surface area contributed by atoms with Crippen molar-refractivity contribution in [1.29, 1.82) is 0 Å². The highest BCUT2D eigenvalue weighted by Crippen LogP contribution is 2.29. The maximum Gasteiger partial charge on any atom is 0.0972 e. The lowest BCUT2D eigenvalue weighted by atomic mass is 10.1. The summed E-state index contributed by atoms with van der Waals surface area (Å²) in [6.45, 7) is 4.41. The monoisotopic (exact) mass is 211 g/mol. The first-order valence-electron chi connectivity index (χ1n) is 5.15. The molecule has 1 fully saturated rings. The summed E-state index contributed by atoms with van der Waals surface area (Å²) >= 11 is 1.85. The second-order valence-electron chi connectivity index (χ2n) is 3.80. The molecule has 0 saturated carbocycles. The fourth-order valence-corrected chi connectivity index (χ4v) is 2.81. The van der Waals surface area contributed by atoms with Crippen molar-refractivity contribution < 1.29 is 0 Å². The zero-order chi connectivity index (χ0) is 9.97. The Morgan fingerprint density at radius 1 is 1.71 bits per heavy atom. The molecule has 1 aliphatic heterocycles. The summed E-state index contributed by atoms with van der Waals surface area (Å²) < 4.78 is 0. The van der Waals surface area contributed by atoms with Crippen molar-refractivity contribution in [2.24, 2.45) is 0 Å². The third-order valence-electron chi connectivity index (χ3n) is 2.81. The first-order chi connectivity index (χ1) is 6.81. The molecular formula is C10H17N3S. The summed E-state index contributed by atoms with van der Waals surface area (Å²) in [5, 5.41) is 7.91. The quantitative estimate of drug-likeness (QED) is 0.795. The molecule has 0 aliphatic carbocycles. The average molecular weight is 211 g/mol. The van der Waals surface area contributed by atoms with Crippen molar-refractivity contribution in [3.8, 4) is 0 Å². The van der Waals surface area contributed by atoms with E-state index >= 15 is 0 Å². The molecule has 2 atom stereocenters. The lowest BCUT2D eigenvalue weighted by Crippen LogP contribution is -2.10. The molecule has 0 spiro atoms. The van der Waals surface area contributed by atoms with Crippen molar-refractivity contribution in [2.45, 2.75) is 25.3 Å². The van der Waals surface area contributed by atoms with Crippen LogP contribution in [-0.4, -0.2) is 25.1 Å². The molecule has 1 aromatic heterocycles. The van der Waals surface area contributed by atoms with E-state index < -0.39 is 0 Å². The van der Waals surface area contributed by atoms with Crippen LogP contribution in [0.1, 0.15) is 35.2 Å². The molecule has 2 N–H and O–H groups in total. The highest BCUT2D eigenvalue weighted by molar-refractivity contribution is 7.11. The molecule has 0 radical (unpaired) electrons. The van der Waals surface area contributed by atoms with Crippen LogP contribution in [0.3, 0.4) is 0 Å². The van der Waals surface area contributed by atoms with Gasteiger partial charge in [-0.25, -0.2) is 4.98 Å². The van der Waals surface area contributed by atoms with E-state index in [0.29, 0.717) is 12.0 Å². The second-order valence-corrected chi connectivity index (χ2v) is 4.89. The molecule has 78 valence electrons. The van der Waals surface area contributed by atoms with E-state index in [-0.39, 0.29) is 0 Å². The molecule has 2 heterocycles. The van der Waals surface area contributed by atoms with Crippen LogP contribution in [-0.2, 0) is 0 Å². The minimum absolute atomic E-state index is 0.426. The van der Waals surface area contributed by atoms with E-state index in [9.17, 15) is 0 Å². The van der Waals surface area contributed by atoms with Gasteiger partial charge in [0.25, 0.3) is 0 Å². The minimum atomic E-state index is 0.426. The molecular weight excluding hydrogens is 194 g/mol. The lowest BCUT2D eigenvalue weighted by Gasteiger charge is -2.05. The first-order valence-corrected chi connectivity index (χ1v) is 5.96. The van der Waals surface area contributed by atoms with Gasteiger partial charge in [-0.05, 0) is 26.9 Å². The Morgan fingerprint density at radius 2 is 2.57 bits per heavy atom. The van der Waals surface area contributed by atoms with E-state index in [0.717, 1.165) is 13.1 Å². The third-order valence-corrected chi connectivity index (χ3v) is 4.15. The van der Waals surface area contributed by atoms with Crippen LogP contribution in [0, 0.1) is 0 Å². The Bertz CT molecular complexity index is 291. The van der Waals surface area contributed by atoms with Gasteiger partial charge in [-0.15, -0.1) is 11.3 Å². The fourth-order valence-electron chi connectivity index (χ4n) is 1.70. The maximum atomic E-state index is 4.51. The third kappa shape index (κ3) is 1.97. The smallest absolute Gasteiger partial charge is 0.0972 e. The van der Waals surface area contributed by atoms with Gasteiger partial charge in [-0.2, -0.15) is 0 Å². The number of thiazole rings is 1. The van der Waals surface area contributed by atoms with Crippen molar-refractivity contribution >= 4 is 11.3 Å². The standard InChI is InChI=1S/C10H17N3S/c1-7(11-2)9-6-13-10(14-9)8-3-4-12-5-8/h6-8,11-12H,3-5H2,1-2H3.